The molecule has 2 rings (SSSR count). The fraction of sp³-hybridized carbons (Fsp3) is 0.0909. The zero-order chi connectivity index (χ0) is 12.1. The number of rotatable bonds is 3. The third kappa shape index (κ3) is 2.75. The summed E-state index contributed by atoms with van der Waals surface area (Å²) in [5, 5.41) is 2.63. The lowest BCUT2D eigenvalue weighted by Crippen LogP contribution is -2.13. The van der Waals surface area contributed by atoms with Gasteiger partial charge in [-0.25, -0.2) is 9.97 Å². The summed E-state index contributed by atoms with van der Waals surface area (Å²) >= 11 is 0. The van der Waals surface area contributed by atoms with Gasteiger partial charge in [-0.1, -0.05) is 6.07 Å². The minimum absolute atomic E-state index is 0.251. The van der Waals surface area contributed by atoms with E-state index in [1.165, 1.54) is 19.5 Å². The van der Waals surface area contributed by atoms with Gasteiger partial charge in [0.15, 0.2) is 0 Å². The van der Waals surface area contributed by atoms with Crippen LogP contribution in [0.5, 0.6) is 6.01 Å². The molecular formula is C11H10N4O2. The third-order valence-corrected chi connectivity index (χ3v) is 1.97. The summed E-state index contributed by atoms with van der Waals surface area (Å²) in [6.45, 7) is 0. The second kappa shape index (κ2) is 5.02. The molecule has 1 amide bonds. The molecule has 2 aromatic rings. The molecular weight excluding hydrogens is 220 g/mol. The molecule has 2 aromatic heterocycles. The Hall–Kier alpha value is -2.50. The van der Waals surface area contributed by atoms with Crippen LogP contribution < -0.4 is 10.1 Å². The molecule has 0 aromatic carbocycles. The topological polar surface area (TPSA) is 77.0 Å². The largest absolute Gasteiger partial charge is 0.467 e. The number of hydrogen-bond donors (Lipinski definition) is 1. The summed E-state index contributed by atoms with van der Waals surface area (Å²) < 4.78 is 4.81. The van der Waals surface area contributed by atoms with E-state index >= 15 is 0 Å². The molecule has 0 fully saturated rings. The number of carbonyl (C=O) groups is 1. The van der Waals surface area contributed by atoms with Gasteiger partial charge in [-0.05, 0) is 12.1 Å². The maximum Gasteiger partial charge on any atom is 0.316 e. The minimum atomic E-state index is -0.306. The lowest BCUT2D eigenvalue weighted by atomic mass is 10.3. The minimum Gasteiger partial charge on any atom is -0.467 e. The highest BCUT2D eigenvalue weighted by Gasteiger charge is 2.07. The quantitative estimate of drug-likeness (QED) is 0.855. The SMILES string of the molecule is COc1ncc(NC(=O)c2ccccn2)cn1. The Kier molecular flexibility index (Phi) is 3.25. The van der Waals surface area contributed by atoms with Crippen molar-refractivity contribution < 1.29 is 9.53 Å². The van der Waals surface area contributed by atoms with E-state index in [-0.39, 0.29) is 11.9 Å². The first kappa shape index (κ1) is 11.0. The highest BCUT2D eigenvalue weighted by molar-refractivity contribution is 6.02. The van der Waals surface area contributed by atoms with Crippen LogP contribution in [0.3, 0.4) is 0 Å². The van der Waals surface area contributed by atoms with Crippen LogP contribution in [0.2, 0.25) is 0 Å². The molecule has 0 spiro atoms. The second-order valence-electron chi connectivity index (χ2n) is 3.13. The Balaban J connectivity index is 2.08. The number of aromatic nitrogens is 3. The zero-order valence-electron chi connectivity index (χ0n) is 9.12. The van der Waals surface area contributed by atoms with E-state index in [2.05, 4.69) is 20.3 Å². The summed E-state index contributed by atoms with van der Waals surface area (Å²) in [5.74, 6) is -0.306. The predicted octanol–water partition coefficient (Wildman–Crippen LogP) is 1.13. The summed E-state index contributed by atoms with van der Waals surface area (Å²) in [6, 6.07) is 5.36. The lowest BCUT2D eigenvalue weighted by molar-refractivity contribution is 0.102. The Morgan fingerprint density at radius 1 is 1.24 bits per heavy atom. The van der Waals surface area contributed by atoms with Crippen LogP contribution in [0.1, 0.15) is 10.5 Å². The van der Waals surface area contributed by atoms with E-state index in [9.17, 15) is 4.79 Å². The van der Waals surface area contributed by atoms with Gasteiger partial charge in [0.25, 0.3) is 5.91 Å². The molecule has 0 aliphatic carbocycles. The molecule has 0 aliphatic rings. The van der Waals surface area contributed by atoms with Gasteiger partial charge in [-0.2, -0.15) is 0 Å². The smallest absolute Gasteiger partial charge is 0.316 e. The fourth-order valence-electron chi connectivity index (χ4n) is 1.18. The number of pyridine rings is 1. The molecule has 0 aliphatic heterocycles. The van der Waals surface area contributed by atoms with Crippen LogP contribution >= 0.6 is 0 Å². The number of hydrogen-bond acceptors (Lipinski definition) is 5. The van der Waals surface area contributed by atoms with Crippen molar-refractivity contribution in [2.24, 2.45) is 0 Å². The standard InChI is InChI=1S/C11H10N4O2/c1-17-11-13-6-8(7-14-11)15-10(16)9-4-2-3-5-12-9/h2-7H,1H3,(H,15,16). The Morgan fingerprint density at radius 3 is 2.59 bits per heavy atom. The van der Waals surface area contributed by atoms with Gasteiger partial charge in [-0.3, -0.25) is 9.78 Å². The van der Waals surface area contributed by atoms with Gasteiger partial charge in [0.1, 0.15) is 5.69 Å². The fourth-order valence-corrected chi connectivity index (χ4v) is 1.18. The normalized spacial score (nSPS) is 9.71. The van der Waals surface area contributed by atoms with Crippen molar-refractivity contribution in [1.29, 1.82) is 0 Å². The van der Waals surface area contributed by atoms with Crippen molar-refractivity contribution in [3.05, 3.63) is 42.5 Å². The van der Waals surface area contributed by atoms with E-state index in [1.54, 1.807) is 24.4 Å². The van der Waals surface area contributed by atoms with Crippen molar-refractivity contribution in [3.8, 4) is 6.01 Å². The van der Waals surface area contributed by atoms with Gasteiger partial charge in [0.05, 0.1) is 25.2 Å². The number of nitrogens with one attached hydrogen (secondary N) is 1. The number of nitrogens with zero attached hydrogens (tertiary/aromatic N) is 3. The highest BCUT2D eigenvalue weighted by atomic mass is 16.5. The number of methoxy groups -OCH3 is 1. The number of anilines is 1. The van der Waals surface area contributed by atoms with E-state index in [0.717, 1.165) is 0 Å². The maximum absolute atomic E-state index is 11.7. The van der Waals surface area contributed by atoms with E-state index in [1.807, 2.05) is 0 Å². The van der Waals surface area contributed by atoms with Gasteiger partial charge < -0.3 is 10.1 Å². The highest BCUT2D eigenvalue weighted by Crippen LogP contribution is 2.08. The van der Waals surface area contributed by atoms with Crippen LogP contribution in [0, 0.1) is 0 Å². The molecule has 6 nitrogen and oxygen atoms in total. The van der Waals surface area contributed by atoms with Crippen LogP contribution in [0.15, 0.2) is 36.8 Å². The van der Waals surface area contributed by atoms with Crippen LogP contribution in [-0.2, 0) is 0 Å². The Bertz CT molecular complexity index is 499. The predicted molar refractivity (Wildman–Crippen MR) is 60.8 cm³/mol. The first-order chi connectivity index (χ1) is 8.29. The Morgan fingerprint density at radius 2 is 2.00 bits per heavy atom. The number of carbonyl (C=O) groups excluding carboxylic acids is 1. The zero-order valence-corrected chi connectivity index (χ0v) is 9.12. The van der Waals surface area contributed by atoms with Crippen molar-refractivity contribution in [2.75, 3.05) is 12.4 Å². The molecule has 6 heteroatoms. The molecule has 0 atom stereocenters. The molecule has 0 saturated heterocycles. The number of amides is 1. The van der Waals surface area contributed by atoms with Gasteiger partial charge in [-0.15, -0.1) is 0 Å². The van der Waals surface area contributed by atoms with Crippen LogP contribution in [-0.4, -0.2) is 28.0 Å². The third-order valence-electron chi connectivity index (χ3n) is 1.97. The molecule has 0 unspecified atom stereocenters. The van der Waals surface area contributed by atoms with E-state index < -0.39 is 0 Å². The average molecular weight is 230 g/mol. The van der Waals surface area contributed by atoms with Gasteiger partial charge in [0.2, 0.25) is 0 Å². The van der Waals surface area contributed by atoms with Crippen LogP contribution in [0.25, 0.3) is 0 Å². The van der Waals surface area contributed by atoms with Crippen molar-refractivity contribution in [1.82, 2.24) is 15.0 Å². The van der Waals surface area contributed by atoms with Crippen molar-refractivity contribution >= 4 is 11.6 Å². The summed E-state index contributed by atoms with van der Waals surface area (Å²) in [5.41, 5.74) is 0.824. The van der Waals surface area contributed by atoms with E-state index in [0.29, 0.717) is 11.4 Å². The van der Waals surface area contributed by atoms with Gasteiger partial charge in [0, 0.05) is 6.20 Å². The van der Waals surface area contributed by atoms with Crippen LogP contribution in [0.4, 0.5) is 5.69 Å². The van der Waals surface area contributed by atoms with Gasteiger partial charge >= 0.3 is 6.01 Å². The molecule has 17 heavy (non-hydrogen) atoms. The summed E-state index contributed by atoms with van der Waals surface area (Å²) in [7, 11) is 1.47. The Labute approximate surface area is 97.7 Å². The molecule has 1 N–H and O–H groups in total. The van der Waals surface area contributed by atoms with E-state index in [4.69, 9.17) is 4.74 Å². The first-order valence-electron chi connectivity index (χ1n) is 4.88. The average Bonchev–Trinajstić information content (AvgIpc) is 2.40. The van der Waals surface area contributed by atoms with Crippen molar-refractivity contribution in [3.63, 3.8) is 0 Å². The summed E-state index contributed by atoms with van der Waals surface area (Å²) in [6.07, 6.45) is 4.48. The lowest BCUT2D eigenvalue weighted by Gasteiger charge is -2.03. The molecule has 86 valence electrons. The molecule has 0 saturated carbocycles. The molecule has 0 bridgehead atoms. The molecule has 0 radical (unpaired) electrons. The first-order valence-corrected chi connectivity index (χ1v) is 4.88. The second-order valence-corrected chi connectivity index (χ2v) is 3.13. The maximum atomic E-state index is 11.7. The molecule has 2 heterocycles. The monoisotopic (exact) mass is 230 g/mol. The van der Waals surface area contributed by atoms with Crippen molar-refractivity contribution in [2.45, 2.75) is 0 Å². The number of ether oxygens (including phenoxy) is 1. The summed E-state index contributed by atoms with van der Waals surface area (Å²) in [4.78, 5) is 23.4.